The lowest BCUT2D eigenvalue weighted by Crippen LogP contribution is -2.53. The molecule has 0 bridgehead atoms. The number of hydrogen-bond donors (Lipinski definition) is 1. The molecule has 4 aliphatic rings. The Kier molecular flexibility index (Phi) is 5.02. The summed E-state index contributed by atoms with van der Waals surface area (Å²) in [4.78, 5) is 42.0. The number of likely N-dealkylation sites (tertiary alicyclic amines) is 1. The van der Waals surface area contributed by atoms with E-state index in [2.05, 4.69) is 5.32 Å². The third kappa shape index (κ3) is 3.62. The van der Waals surface area contributed by atoms with Crippen LogP contribution in [0.1, 0.15) is 51.0 Å². The molecule has 3 heterocycles. The summed E-state index contributed by atoms with van der Waals surface area (Å²) in [5.41, 5.74) is -0.241. The molecule has 0 aromatic heterocycles. The van der Waals surface area contributed by atoms with Crippen molar-refractivity contribution in [3.8, 4) is 11.5 Å². The predicted octanol–water partition coefficient (Wildman–Crippen LogP) is 2.45. The molecule has 1 aliphatic carbocycles. The molecule has 1 aromatic rings. The molecule has 0 radical (unpaired) electrons. The summed E-state index contributed by atoms with van der Waals surface area (Å²) < 4.78 is 10.7. The first-order chi connectivity index (χ1) is 14.9. The first-order valence-corrected chi connectivity index (χ1v) is 11.3. The molecule has 2 saturated heterocycles. The molecule has 8 heteroatoms. The van der Waals surface area contributed by atoms with Gasteiger partial charge in [-0.25, -0.2) is 4.79 Å². The number of rotatable bonds is 4. The van der Waals surface area contributed by atoms with Gasteiger partial charge in [-0.1, -0.05) is 18.9 Å². The third-order valence-electron chi connectivity index (χ3n) is 7.20. The molecule has 4 amide bonds. The minimum Gasteiger partial charge on any atom is -0.454 e. The molecule has 3 fully saturated rings. The van der Waals surface area contributed by atoms with E-state index >= 15 is 0 Å². The van der Waals surface area contributed by atoms with E-state index in [0.717, 1.165) is 36.3 Å². The molecule has 8 nitrogen and oxygen atoms in total. The maximum Gasteiger partial charge on any atom is 0.325 e. The second-order valence-electron chi connectivity index (χ2n) is 9.36. The Hall–Kier alpha value is -2.77. The van der Waals surface area contributed by atoms with Crippen molar-refractivity contribution < 1.29 is 23.9 Å². The van der Waals surface area contributed by atoms with Crippen LogP contribution in [0.5, 0.6) is 11.5 Å². The van der Waals surface area contributed by atoms with Crippen molar-refractivity contribution in [1.29, 1.82) is 0 Å². The van der Waals surface area contributed by atoms with Crippen LogP contribution in [-0.4, -0.2) is 59.1 Å². The highest BCUT2D eigenvalue weighted by Gasteiger charge is 2.49. The Bertz CT molecular complexity index is 916. The monoisotopic (exact) mass is 427 g/mol. The maximum absolute atomic E-state index is 13.2. The lowest BCUT2D eigenvalue weighted by atomic mass is 9.78. The average molecular weight is 428 g/mol. The maximum atomic E-state index is 13.2. The number of piperidine rings is 1. The Morgan fingerprint density at radius 2 is 1.90 bits per heavy atom. The van der Waals surface area contributed by atoms with Crippen molar-refractivity contribution in [3.05, 3.63) is 23.8 Å². The summed E-state index contributed by atoms with van der Waals surface area (Å²) in [6.45, 7) is 2.42. The van der Waals surface area contributed by atoms with Gasteiger partial charge in [0.05, 0.1) is 0 Å². The number of nitrogens with one attached hydrogen (secondary N) is 1. The summed E-state index contributed by atoms with van der Waals surface area (Å²) in [6.07, 6.45) is 7.05. The summed E-state index contributed by atoms with van der Waals surface area (Å²) in [7, 11) is 0. The van der Waals surface area contributed by atoms with E-state index in [4.69, 9.17) is 9.47 Å². The van der Waals surface area contributed by atoms with Crippen LogP contribution in [0.3, 0.4) is 0 Å². The van der Waals surface area contributed by atoms with Gasteiger partial charge in [0, 0.05) is 19.0 Å². The Balaban J connectivity index is 1.28. The van der Waals surface area contributed by atoms with Crippen molar-refractivity contribution in [1.82, 2.24) is 15.1 Å². The van der Waals surface area contributed by atoms with Gasteiger partial charge in [0.1, 0.15) is 12.1 Å². The summed E-state index contributed by atoms with van der Waals surface area (Å²) in [6, 6.07) is 5.26. The Morgan fingerprint density at radius 1 is 1.13 bits per heavy atom. The van der Waals surface area contributed by atoms with Gasteiger partial charge < -0.3 is 19.7 Å². The van der Waals surface area contributed by atoms with Crippen LogP contribution in [0.25, 0.3) is 0 Å². The number of imide groups is 1. The predicted molar refractivity (Wildman–Crippen MR) is 112 cm³/mol. The number of hydrogen-bond acceptors (Lipinski definition) is 5. The Morgan fingerprint density at radius 3 is 2.77 bits per heavy atom. The highest BCUT2D eigenvalue weighted by atomic mass is 16.7. The van der Waals surface area contributed by atoms with E-state index in [1.807, 2.05) is 17.0 Å². The zero-order chi connectivity index (χ0) is 21.6. The smallest absolute Gasteiger partial charge is 0.325 e. The molecule has 0 spiro atoms. The molecule has 1 saturated carbocycles. The number of urea groups is 1. The van der Waals surface area contributed by atoms with Crippen molar-refractivity contribution in [2.75, 3.05) is 19.9 Å². The summed E-state index contributed by atoms with van der Waals surface area (Å²) in [5, 5.41) is 2.81. The van der Waals surface area contributed by atoms with Crippen LogP contribution in [0.15, 0.2) is 18.2 Å². The van der Waals surface area contributed by atoms with Gasteiger partial charge in [-0.15, -0.1) is 0 Å². The number of benzene rings is 1. The van der Waals surface area contributed by atoms with E-state index in [-0.39, 0.29) is 31.2 Å². The number of nitrogens with zero attached hydrogens (tertiary/aromatic N) is 2. The molecule has 3 atom stereocenters. The molecular formula is C23H29N3O5. The van der Waals surface area contributed by atoms with Gasteiger partial charge >= 0.3 is 6.03 Å². The van der Waals surface area contributed by atoms with Crippen molar-refractivity contribution in [2.24, 2.45) is 5.92 Å². The average Bonchev–Trinajstić information content (AvgIpc) is 3.31. The van der Waals surface area contributed by atoms with Gasteiger partial charge in [-0.05, 0) is 56.2 Å². The van der Waals surface area contributed by atoms with Crippen LogP contribution in [0, 0.1) is 5.92 Å². The molecule has 1 N–H and O–H groups in total. The highest BCUT2D eigenvalue weighted by molar-refractivity contribution is 6.09. The molecule has 5 rings (SSSR count). The van der Waals surface area contributed by atoms with E-state index < -0.39 is 11.6 Å². The van der Waals surface area contributed by atoms with Crippen molar-refractivity contribution in [2.45, 2.75) is 63.5 Å². The number of amides is 4. The largest absolute Gasteiger partial charge is 0.454 e. The van der Waals surface area contributed by atoms with Gasteiger partial charge in [0.25, 0.3) is 5.91 Å². The van der Waals surface area contributed by atoms with Crippen LogP contribution in [0.2, 0.25) is 0 Å². The summed E-state index contributed by atoms with van der Waals surface area (Å²) in [5.74, 6) is 1.39. The second-order valence-corrected chi connectivity index (χ2v) is 9.36. The lowest BCUT2D eigenvalue weighted by molar-refractivity contribution is -0.142. The standard InChI is InChI=1S/C23H29N3O5/c1-23(12-15-8-9-18-19(11-15)31-14-30-18)21(28)26(22(29)24-23)13-20(27)25-10-4-6-16-5-2-3-7-17(16)25/h8-9,11,16-17H,2-7,10,12-14H2,1H3,(H,24,29)/t16-,17-,23-/m0/s1. The normalized spacial score (nSPS) is 29.7. The molecule has 0 unspecified atom stereocenters. The minimum atomic E-state index is -1.10. The molecule has 3 aliphatic heterocycles. The zero-order valence-electron chi connectivity index (χ0n) is 17.9. The van der Waals surface area contributed by atoms with Crippen LogP contribution >= 0.6 is 0 Å². The summed E-state index contributed by atoms with van der Waals surface area (Å²) >= 11 is 0. The first kappa shape index (κ1) is 20.2. The van der Waals surface area contributed by atoms with Crippen molar-refractivity contribution in [3.63, 3.8) is 0 Å². The van der Waals surface area contributed by atoms with Crippen LogP contribution < -0.4 is 14.8 Å². The van der Waals surface area contributed by atoms with Gasteiger partial charge in [0.15, 0.2) is 11.5 Å². The van der Waals surface area contributed by atoms with Gasteiger partial charge in [-0.3, -0.25) is 14.5 Å². The SMILES string of the molecule is C[C@@]1(Cc2ccc3c(c2)OCO3)NC(=O)N(CC(=O)N2CCC[C@@H]3CCCC[C@@H]32)C1=O. The quantitative estimate of drug-likeness (QED) is 0.746. The molecule has 1 aromatic carbocycles. The fraction of sp³-hybridized carbons (Fsp3) is 0.609. The van der Waals surface area contributed by atoms with E-state index in [1.165, 1.54) is 19.3 Å². The van der Waals surface area contributed by atoms with Crippen molar-refractivity contribution >= 4 is 17.8 Å². The number of carbonyl (C=O) groups is 3. The molecular weight excluding hydrogens is 398 g/mol. The Labute approximate surface area is 181 Å². The van der Waals surface area contributed by atoms with E-state index in [1.54, 1.807) is 13.0 Å². The fourth-order valence-corrected chi connectivity index (χ4v) is 5.63. The minimum absolute atomic E-state index is 0.118. The number of ether oxygens (including phenoxy) is 2. The number of carbonyl (C=O) groups excluding carboxylic acids is 3. The van der Waals surface area contributed by atoms with Crippen LogP contribution in [-0.2, 0) is 16.0 Å². The van der Waals surface area contributed by atoms with E-state index in [9.17, 15) is 14.4 Å². The highest BCUT2D eigenvalue weighted by Crippen LogP contribution is 2.36. The van der Waals surface area contributed by atoms with Gasteiger partial charge in [-0.2, -0.15) is 0 Å². The second kappa shape index (κ2) is 7.73. The topological polar surface area (TPSA) is 88.2 Å². The van der Waals surface area contributed by atoms with E-state index in [0.29, 0.717) is 23.8 Å². The first-order valence-electron chi connectivity index (χ1n) is 11.3. The zero-order valence-corrected chi connectivity index (χ0v) is 17.9. The lowest BCUT2D eigenvalue weighted by Gasteiger charge is -2.44. The van der Waals surface area contributed by atoms with Gasteiger partial charge in [0.2, 0.25) is 12.7 Å². The molecule has 166 valence electrons. The third-order valence-corrected chi connectivity index (χ3v) is 7.20. The number of fused-ring (bicyclic) bond motifs is 2. The molecule has 31 heavy (non-hydrogen) atoms. The van der Waals surface area contributed by atoms with Crippen LogP contribution in [0.4, 0.5) is 4.79 Å². The fourth-order valence-electron chi connectivity index (χ4n) is 5.63.